The van der Waals surface area contributed by atoms with Crippen molar-refractivity contribution in [3.63, 3.8) is 0 Å². The molecule has 1 heterocycles. The Morgan fingerprint density at radius 3 is 2.68 bits per heavy atom. The van der Waals surface area contributed by atoms with Crippen molar-refractivity contribution >= 4 is 17.5 Å². The second-order valence-electron chi connectivity index (χ2n) is 5.65. The lowest BCUT2D eigenvalue weighted by molar-refractivity contribution is -0.132. The van der Waals surface area contributed by atoms with Gasteiger partial charge in [0.05, 0.1) is 0 Å². The van der Waals surface area contributed by atoms with Crippen LogP contribution in [-0.4, -0.2) is 46.7 Å². The van der Waals surface area contributed by atoms with Crippen LogP contribution in [0.15, 0.2) is 42.7 Å². The zero-order valence-corrected chi connectivity index (χ0v) is 14.6. The summed E-state index contributed by atoms with van der Waals surface area (Å²) < 4.78 is 7.35. The number of hydrogen-bond acceptors (Lipinski definition) is 4. The van der Waals surface area contributed by atoms with Crippen molar-refractivity contribution in [2.24, 2.45) is 0 Å². The Balaban J connectivity index is 1.70. The van der Waals surface area contributed by atoms with E-state index in [1.54, 1.807) is 49.3 Å². The molecule has 0 aliphatic heterocycles. The maximum Gasteiger partial charge on any atom is 0.260 e. The summed E-state index contributed by atoms with van der Waals surface area (Å²) in [6.07, 6.45) is 4.90. The van der Waals surface area contributed by atoms with Crippen LogP contribution in [0.4, 0.5) is 5.69 Å². The first-order valence-corrected chi connectivity index (χ1v) is 8.32. The zero-order chi connectivity index (χ0) is 18.1. The van der Waals surface area contributed by atoms with Gasteiger partial charge in [0.1, 0.15) is 5.75 Å². The Morgan fingerprint density at radius 1 is 1.28 bits per heavy atom. The van der Waals surface area contributed by atoms with E-state index in [0.29, 0.717) is 24.4 Å². The molecule has 25 heavy (non-hydrogen) atoms. The molecule has 1 aromatic carbocycles. The first-order chi connectivity index (χ1) is 12.1. The fourth-order valence-corrected chi connectivity index (χ4v) is 2.17. The van der Waals surface area contributed by atoms with Gasteiger partial charge in [0.15, 0.2) is 6.61 Å². The third-order valence-corrected chi connectivity index (χ3v) is 3.69. The molecular weight excluding hydrogens is 320 g/mol. The molecule has 0 radical (unpaired) electrons. The normalized spacial score (nSPS) is 10.3. The fourth-order valence-electron chi connectivity index (χ4n) is 2.17. The summed E-state index contributed by atoms with van der Waals surface area (Å²) in [4.78, 5) is 25.1. The summed E-state index contributed by atoms with van der Waals surface area (Å²) in [6.45, 7) is 3.20. The number of likely N-dealkylation sites (N-methyl/N-ethyl adjacent to an activating group) is 1. The number of aryl methyl sites for hydroxylation is 1. The van der Waals surface area contributed by atoms with Gasteiger partial charge in [0, 0.05) is 44.6 Å². The number of nitrogens with one attached hydrogen (secondary N) is 1. The fraction of sp³-hybridized carbons (Fsp3) is 0.389. The van der Waals surface area contributed by atoms with Gasteiger partial charge in [-0.3, -0.25) is 14.3 Å². The van der Waals surface area contributed by atoms with E-state index in [9.17, 15) is 9.59 Å². The Morgan fingerprint density at radius 2 is 2.04 bits per heavy atom. The quantitative estimate of drug-likeness (QED) is 0.756. The molecule has 7 nitrogen and oxygen atoms in total. The minimum Gasteiger partial charge on any atom is -0.484 e. The van der Waals surface area contributed by atoms with Gasteiger partial charge >= 0.3 is 0 Å². The average Bonchev–Trinajstić information content (AvgIpc) is 3.14. The lowest BCUT2D eigenvalue weighted by Gasteiger charge is -2.17. The van der Waals surface area contributed by atoms with E-state index in [-0.39, 0.29) is 18.4 Å². The number of carbonyl (C=O) groups excluding carboxylic acids is 2. The van der Waals surface area contributed by atoms with Crippen molar-refractivity contribution in [1.82, 2.24) is 14.7 Å². The van der Waals surface area contributed by atoms with Crippen LogP contribution < -0.4 is 10.1 Å². The van der Waals surface area contributed by atoms with Crippen molar-refractivity contribution in [3.8, 4) is 5.75 Å². The lowest BCUT2D eigenvalue weighted by Crippen LogP contribution is -2.32. The number of benzene rings is 1. The second-order valence-corrected chi connectivity index (χ2v) is 5.65. The molecule has 0 saturated heterocycles. The molecule has 1 N–H and O–H groups in total. The predicted octanol–water partition coefficient (Wildman–Crippen LogP) is 2.16. The highest BCUT2D eigenvalue weighted by Gasteiger charge is 2.09. The van der Waals surface area contributed by atoms with Crippen LogP contribution in [0.25, 0.3) is 0 Å². The van der Waals surface area contributed by atoms with Crippen molar-refractivity contribution in [1.29, 1.82) is 0 Å². The molecule has 2 rings (SSSR count). The summed E-state index contributed by atoms with van der Waals surface area (Å²) in [5.74, 6) is 0.470. The van der Waals surface area contributed by atoms with E-state index >= 15 is 0 Å². The molecule has 0 spiro atoms. The van der Waals surface area contributed by atoms with Gasteiger partial charge in [-0.2, -0.15) is 5.10 Å². The maximum atomic E-state index is 12.1. The van der Waals surface area contributed by atoms with Gasteiger partial charge in [-0.05, 0) is 36.8 Å². The molecule has 0 atom stereocenters. The first-order valence-electron chi connectivity index (χ1n) is 8.32. The van der Waals surface area contributed by atoms with Crippen LogP contribution in [-0.2, 0) is 16.1 Å². The molecular formula is C18H24N4O3. The van der Waals surface area contributed by atoms with E-state index in [2.05, 4.69) is 10.4 Å². The molecule has 0 aliphatic carbocycles. The number of amides is 2. The summed E-state index contributed by atoms with van der Waals surface area (Å²) in [5, 5.41) is 6.89. The Kier molecular flexibility index (Phi) is 7.00. The van der Waals surface area contributed by atoms with Gasteiger partial charge in [-0.1, -0.05) is 6.92 Å². The van der Waals surface area contributed by atoms with E-state index in [4.69, 9.17) is 4.74 Å². The third-order valence-electron chi connectivity index (χ3n) is 3.69. The van der Waals surface area contributed by atoms with Gasteiger partial charge in [-0.15, -0.1) is 0 Å². The van der Waals surface area contributed by atoms with Crippen LogP contribution in [0, 0.1) is 0 Å². The Bertz CT molecular complexity index is 668. The highest BCUT2D eigenvalue weighted by atomic mass is 16.5. The largest absolute Gasteiger partial charge is 0.484 e. The Labute approximate surface area is 147 Å². The number of carbonyl (C=O) groups is 2. The van der Waals surface area contributed by atoms with Crippen LogP contribution >= 0.6 is 0 Å². The van der Waals surface area contributed by atoms with Crippen LogP contribution in [0.1, 0.15) is 19.8 Å². The Hall–Kier alpha value is -2.83. The standard InChI is InChI=1S/C18H24N4O3/c1-3-17(23)20-15-6-8-16(9-7-15)25-14-18(24)21(2)11-5-13-22-12-4-10-19-22/h4,6-10,12H,3,5,11,13-14H2,1-2H3,(H,20,23). The van der Waals surface area contributed by atoms with E-state index in [0.717, 1.165) is 13.0 Å². The molecule has 0 saturated carbocycles. The number of nitrogens with zero attached hydrogens (tertiary/aromatic N) is 3. The van der Waals surface area contributed by atoms with Gasteiger partial charge < -0.3 is 15.0 Å². The smallest absolute Gasteiger partial charge is 0.260 e. The topological polar surface area (TPSA) is 76.5 Å². The van der Waals surface area contributed by atoms with Gasteiger partial charge in [-0.25, -0.2) is 0 Å². The molecule has 0 bridgehead atoms. The van der Waals surface area contributed by atoms with Crippen LogP contribution in [0.2, 0.25) is 0 Å². The van der Waals surface area contributed by atoms with Crippen molar-refractivity contribution in [3.05, 3.63) is 42.7 Å². The third kappa shape index (κ3) is 6.29. The summed E-state index contributed by atoms with van der Waals surface area (Å²) in [5.41, 5.74) is 0.710. The van der Waals surface area contributed by atoms with Gasteiger partial charge in [0.25, 0.3) is 5.91 Å². The minimum atomic E-state index is -0.0798. The predicted molar refractivity (Wildman–Crippen MR) is 95.3 cm³/mol. The number of ether oxygens (including phenoxy) is 1. The van der Waals surface area contributed by atoms with E-state index in [1.807, 2.05) is 16.9 Å². The second kappa shape index (κ2) is 9.46. The summed E-state index contributed by atoms with van der Waals surface area (Å²) in [6, 6.07) is 8.84. The van der Waals surface area contributed by atoms with Crippen LogP contribution in [0.3, 0.4) is 0 Å². The van der Waals surface area contributed by atoms with Crippen molar-refractivity contribution in [2.45, 2.75) is 26.3 Å². The zero-order valence-electron chi connectivity index (χ0n) is 14.6. The molecule has 0 unspecified atom stereocenters. The lowest BCUT2D eigenvalue weighted by atomic mass is 10.3. The van der Waals surface area contributed by atoms with Crippen LogP contribution in [0.5, 0.6) is 5.75 Å². The first kappa shape index (κ1) is 18.5. The van der Waals surface area contributed by atoms with E-state index < -0.39 is 0 Å². The highest BCUT2D eigenvalue weighted by Crippen LogP contribution is 2.16. The van der Waals surface area contributed by atoms with E-state index in [1.165, 1.54) is 0 Å². The number of anilines is 1. The number of hydrogen-bond donors (Lipinski definition) is 1. The molecule has 2 aromatic rings. The molecule has 0 aliphatic rings. The SMILES string of the molecule is CCC(=O)Nc1ccc(OCC(=O)N(C)CCCn2cccn2)cc1. The van der Waals surface area contributed by atoms with Gasteiger partial charge in [0.2, 0.25) is 5.91 Å². The monoisotopic (exact) mass is 344 g/mol. The summed E-state index contributed by atoms with van der Waals surface area (Å²) >= 11 is 0. The molecule has 2 amide bonds. The highest BCUT2D eigenvalue weighted by molar-refractivity contribution is 5.90. The maximum absolute atomic E-state index is 12.1. The molecule has 1 aromatic heterocycles. The number of rotatable bonds is 9. The van der Waals surface area contributed by atoms with Crippen molar-refractivity contribution < 1.29 is 14.3 Å². The average molecular weight is 344 g/mol. The summed E-state index contributed by atoms with van der Waals surface area (Å²) in [7, 11) is 1.76. The van der Waals surface area contributed by atoms with Crippen molar-refractivity contribution in [2.75, 3.05) is 25.5 Å². The number of aromatic nitrogens is 2. The molecule has 134 valence electrons. The molecule has 7 heteroatoms. The minimum absolute atomic E-state index is 0.0149. The molecule has 0 fully saturated rings.